The third-order valence-electron chi connectivity index (χ3n) is 3.16. The number of anilines is 2. The Morgan fingerprint density at radius 2 is 2.20 bits per heavy atom. The zero-order valence-electron chi connectivity index (χ0n) is 12.9. The van der Waals surface area contributed by atoms with E-state index < -0.39 is 5.82 Å². The third kappa shape index (κ3) is 4.91. The molecule has 3 N–H and O–H groups in total. The summed E-state index contributed by atoms with van der Waals surface area (Å²) in [6, 6.07) is 11.8. The van der Waals surface area contributed by atoms with E-state index in [4.69, 9.17) is 22.1 Å². The van der Waals surface area contributed by atoms with Gasteiger partial charge in [0, 0.05) is 16.0 Å². The molecule has 1 heterocycles. The minimum absolute atomic E-state index is 0.111. The first-order valence-electron chi connectivity index (χ1n) is 7.27. The quantitative estimate of drug-likeness (QED) is 0.489. The molecule has 1 aromatic heterocycles. The molecule has 0 bridgehead atoms. The van der Waals surface area contributed by atoms with E-state index in [2.05, 4.69) is 15.5 Å². The van der Waals surface area contributed by atoms with Crippen molar-refractivity contribution in [3.63, 3.8) is 0 Å². The summed E-state index contributed by atoms with van der Waals surface area (Å²) < 4.78 is 19.4. The number of nitrogens with zero attached hydrogens (tertiary/aromatic N) is 2. The molecule has 3 aromatic rings. The molecule has 0 fully saturated rings. The van der Waals surface area contributed by atoms with Crippen LogP contribution in [-0.4, -0.2) is 11.2 Å². The highest BCUT2D eigenvalue weighted by molar-refractivity contribution is 7.14. The SMILES string of the molecule is Nc1csc(NN=Cc2cccc(OCc3ccc(Cl)cc3F)c2)n1. The van der Waals surface area contributed by atoms with E-state index in [1.165, 1.54) is 17.4 Å². The zero-order valence-corrected chi connectivity index (χ0v) is 14.5. The second-order valence-corrected chi connectivity index (χ2v) is 6.34. The zero-order chi connectivity index (χ0) is 17.6. The van der Waals surface area contributed by atoms with Crippen molar-refractivity contribution in [2.24, 2.45) is 5.10 Å². The molecule has 0 aliphatic carbocycles. The standard InChI is InChI=1S/C17H14ClFN4OS/c18-13-5-4-12(15(19)7-13)9-24-14-3-1-2-11(6-14)8-21-23-17-22-16(20)10-25-17/h1-8,10H,9,20H2,(H,22,23). The molecule has 0 amide bonds. The Balaban J connectivity index is 1.61. The summed E-state index contributed by atoms with van der Waals surface area (Å²) in [5.41, 5.74) is 9.60. The summed E-state index contributed by atoms with van der Waals surface area (Å²) in [5.74, 6) is 0.668. The normalized spacial score (nSPS) is 11.0. The Morgan fingerprint density at radius 1 is 1.32 bits per heavy atom. The van der Waals surface area contributed by atoms with Crippen LogP contribution in [-0.2, 0) is 6.61 Å². The van der Waals surface area contributed by atoms with Crippen LogP contribution >= 0.6 is 22.9 Å². The number of thiazole rings is 1. The molecule has 8 heteroatoms. The van der Waals surface area contributed by atoms with Crippen LogP contribution in [0.4, 0.5) is 15.3 Å². The number of benzene rings is 2. The molecule has 0 aliphatic rings. The Labute approximate surface area is 152 Å². The Morgan fingerprint density at radius 3 is 2.96 bits per heavy atom. The molecule has 0 aliphatic heterocycles. The molecule has 0 unspecified atom stereocenters. The van der Waals surface area contributed by atoms with Crippen molar-refractivity contribution in [1.29, 1.82) is 0 Å². The van der Waals surface area contributed by atoms with Crippen LogP contribution in [0.25, 0.3) is 0 Å². The van der Waals surface area contributed by atoms with Crippen LogP contribution in [0.2, 0.25) is 5.02 Å². The van der Waals surface area contributed by atoms with Crippen LogP contribution in [0.3, 0.4) is 0 Å². The van der Waals surface area contributed by atoms with Gasteiger partial charge < -0.3 is 10.5 Å². The first-order valence-corrected chi connectivity index (χ1v) is 8.53. The molecule has 0 saturated heterocycles. The maximum absolute atomic E-state index is 13.8. The average molecular weight is 377 g/mol. The predicted molar refractivity (Wildman–Crippen MR) is 99.9 cm³/mol. The molecule has 0 saturated carbocycles. The van der Waals surface area contributed by atoms with Crippen LogP contribution in [0.15, 0.2) is 52.9 Å². The molecule has 3 rings (SSSR count). The lowest BCUT2D eigenvalue weighted by Gasteiger charge is -2.08. The number of nitrogens with two attached hydrogens (primary N) is 1. The van der Waals surface area contributed by atoms with Gasteiger partial charge in [0.15, 0.2) is 0 Å². The van der Waals surface area contributed by atoms with Crippen molar-refractivity contribution in [2.45, 2.75) is 6.61 Å². The number of ether oxygens (including phenoxy) is 1. The number of hydrogen-bond acceptors (Lipinski definition) is 6. The maximum atomic E-state index is 13.8. The van der Waals surface area contributed by atoms with Crippen molar-refractivity contribution in [3.8, 4) is 5.75 Å². The Hall–Kier alpha value is -2.64. The van der Waals surface area contributed by atoms with Crippen molar-refractivity contribution >= 4 is 40.1 Å². The van der Waals surface area contributed by atoms with Gasteiger partial charge in [-0.05, 0) is 29.8 Å². The van der Waals surface area contributed by atoms with Crippen molar-refractivity contribution in [2.75, 3.05) is 11.2 Å². The maximum Gasteiger partial charge on any atom is 0.205 e. The van der Waals surface area contributed by atoms with Gasteiger partial charge in [-0.15, -0.1) is 11.3 Å². The highest BCUT2D eigenvalue weighted by Gasteiger charge is 2.04. The highest BCUT2D eigenvalue weighted by Crippen LogP contribution is 2.19. The second-order valence-electron chi connectivity index (χ2n) is 5.04. The van der Waals surface area contributed by atoms with Crippen molar-refractivity contribution < 1.29 is 9.13 Å². The second kappa shape index (κ2) is 7.96. The van der Waals surface area contributed by atoms with Crippen molar-refractivity contribution in [3.05, 3.63) is 69.8 Å². The summed E-state index contributed by atoms with van der Waals surface area (Å²) in [5, 5.41) is 6.79. The molecule has 25 heavy (non-hydrogen) atoms. The van der Waals surface area contributed by atoms with Gasteiger partial charge in [0.05, 0.1) is 6.21 Å². The van der Waals surface area contributed by atoms with Gasteiger partial charge >= 0.3 is 0 Å². The monoisotopic (exact) mass is 376 g/mol. The number of hydrogen-bond donors (Lipinski definition) is 2. The number of hydrazone groups is 1. The van der Waals surface area contributed by atoms with Gasteiger partial charge in [0.2, 0.25) is 5.13 Å². The Kier molecular flexibility index (Phi) is 5.47. The molecule has 0 radical (unpaired) electrons. The average Bonchev–Trinajstić information content (AvgIpc) is 3.00. The lowest BCUT2D eigenvalue weighted by molar-refractivity contribution is 0.300. The van der Waals surface area contributed by atoms with Gasteiger partial charge in [-0.25, -0.2) is 9.37 Å². The third-order valence-corrected chi connectivity index (χ3v) is 4.16. The van der Waals surface area contributed by atoms with Crippen LogP contribution < -0.4 is 15.9 Å². The smallest absolute Gasteiger partial charge is 0.205 e. The van der Waals surface area contributed by atoms with E-state index in [1.54, 1.807) is 35.9 Å². The molecule has 128 valence electrons. The summed E-state index contributed by atoms with van der Waals surface area (Å²) in [7, 11) is 0. The van der Waals surface area contributed by atoms with E-state index in [9.17, 15) is 4.39 Å². The van der Waals surface area contributed by atoms with E-state index in [0.29, 0.717) is 27.3 Å². The summed E-state index contributed by atoms with van der Waals surface area (Å²) >= 11 is 7.10. The van der Waals surface area contributed by atoms with Crippen molar-refractivity contribution in [1.82, 2.24) is 4.98 Å². The molecule has 2 aromatic carbocycles. The fraction of sp³-hybridized carbons (Fsp3) is 0.0588. The molecule has 0 spiro atoms. The van der Waals surface area contributed by atoms with Gasteiger partial charge in [-0.2, -0.15) is 5.10 Å². The van der Waals surface area contributed by atoms with Gasteiger partial charge in [0.1, 0.15) is 24.0 Å². The van der Waals surface area contributed by atoms with Crippen LogP contribution in [0.5, 0.6) is 5.75 Å². The van der Waals surface area contributed by atoms with E-state index in [1.807, 2.05) is 12.1 Å². The fourth-order valence-electron chi connectivity index (χ4n) is 1.98. The number of halogens is 2. The highest BCUT2D eigenvalue weighted by atomic mass is 35.5. The number of nitrogen functional groups attached to an aromatic ring is 1. The molecular weight excluding hydrogens is 363 g/mol. The fourth-order valence-corrected chi connectivity index (χ4v) is 2.69. The van der Waals surface area contributed by atoms with Gasteiger partial charge in [0.25, 0.3) is 0 Å². The lowest BCUT2D eigenvalue weighted by Crippen LogP contribution is -1.99. The van der Waals surface area contributed by atoms with E-state index in [0.717, 1.165) is 5.56 Å². The Bertz CT molecular complexity index is 900. The number of aromatic nitrogens is 1. The first-order chi connectivity index (χ1) is 12.1. The van der Waals surface area contributed by atoms with Crippen LogP contribution in [0.1, 0.15) is 11.1 Å². The molecular formula is C17H14ClFN4OS. The minimum atomic E-state index is -0.392. The van der Waals surface area contributed by atoms with E-state index >= 15 is 0 Å². The van der Waals surface area contributed by atoms with Gasteiger partial charge in [-0.1, -0.05) is 29.8 Å². The lowest BCUT2D eigenvalue weighted by atomic mass is 10.2. The summed E-state index contributed by atoms with van der Waals surface area (Å²) in [6.45, 7) is 0.111. The number of rotatable bonds is 6. The molecule has 5 nitrogen and oxygen atoms in total. The van der Waals surface area contributed by atoms with Crippen LogP contribution in [0, 0.1) is 5.82 Å². The molecule has 0 atom stereocenters. The number of nitrogens with one attached hydrogen (secondary N) is 1. The van der Waals surface area contributed by atoms with E-state index in [-0.39, 0.29) is 6.61 Å². The predicted octanol–water partition coefficient (Wildman–Crippen LogP) is 4.54. The first kappa shape index (κ1) is 17.2. The summed E-state index contributed by atoms with van der Waals surface area (Å²) in [4.78, 5) is 4.04. The van der Waals surface area contributed by atoms with Gasteiger partial charge in [-0.3, -0.25) is 5.43 Å². The topological polar surface area (TPSA) is 72.5 Å². The largest absolute Gasteiger partial charge is 0.489 e. The summed E-state index contributed by atoms with van der Waals surface area (Å²) in [6.07, 6.45) is 1.63. The minimum Gasteiger partial charge on any atom is -0.489 e.